The van der Waals surface area contributed by atoms with Gasteiger partial charge in [-0.05, 0) is 13.3 Å². The van der Waals surface area contributed by atoms with Crippen LogP contribution >= 0.6 is 0 Å². The Morgan fingerprint density at radius 2 is 2.38 bits per heavy atom. The van der Waals surface area contributed by atoms with Gasteiger partial charge in [-0.25, -0.2) is 4.21 Å². The topological polar surface area (TPSA) is 50.1 Å². The molecule has 1 N–H and O–H groups in total. The molecule has 0 aliphatic carbocycles. The molecule has 0 fully saturated rings. The van der Waals surface area contributed by atoms with Crippen LogP contribution < -0.4 is 5.14 Å². The Balaban J connectivity index is 3.24. The predicted octanol–water partition coefficient (Wildman–Crippen LogP) is 0.663. The molecule has 0 spiro atoms. The lowest BCUT2D eigenvalue weighted by Crippen LogP contribution is -2.08. The van der Waals surface area contributed by atoms with Crippen molar-refractivity contribution in [1.29, 1.82) is 0 Å². The lowest BCUT2D eigenvalue weighted by atomic mass is 10.3. The van der Waals surface area contributed by atoms with Crippen LogP contribution in [-0.4, -0.2) is 10.3 Å². The summed E-state index contributed by atoms with van der Waals surface area (Å²) < 4.78 is 14.5. The summed E-state index contributed by atoms with van der Waals surface area (Å²) in [5.74, 6) is 0. The summed E-state index contributed by atoms with van der Waals surface area (Å²) in [6.07, 6.45) is 0.735. The second-order valence-corrected chi connectivity index (χ2v) is 2.21. The van der Waals surface area contributed by atoms with E-state index in [-0.39, 0.29) is 6.10 Å². The van der Waals surface area contributed by atoms with Gasteiger partial charge in [-0.2, -0.15) is 0 Å². The van der Waals surface area contributed by atoms with Gasteiger partial charge in [0, 0.05) is 0 Å². The summed E-state index contributed by atoms with van der Waals surface area (Å²) in [4.78, 5) is 0. The zero-order valence-corrected chi connectivity index (χ0v) is 5.83. The third-order valence-corrected chi connectivity index (χ3v) is 1.33. The Bertz CT molecular complexity index is 86.1. The number of nitrogens with one attached hydrogen (secondary N) is 1. The molecule has 8 heavy (non-hydrogen) atoms. The van der Waals surface area contributed by atoms with Crippen molar-refractivity contribution in [3.63, 3.8) is 0 Å². The molecule has 0 heterocycles. The molecule has 0 aromatic rings. The lowest BCUT2D eigenvalue weighted by Gasteiger charge is -2.03. The minimum atomic E-state index is -1.85. The summed E-state index contributed by atoms with van der Waals surface area (Å²) in [5.41, 5.74) is 0. The van der Waals surface area contributed by atoms with Crippen molar-refractivity contribution < 1.29 is 8.39 Å². The van der Waals surface area contributed by atoms with Crippen molar-refractivity contribution in [3.8, 4) is 0 Å². The fraction of sp³-hybridized carbons (Fsp3) is 1.00. The van der Waals surface area contributed by atoms with E-state index in [2.05, 4.69) is 4.18 Å². The van der Waals surface area contributed by atoms with E-state index in [1.54, 1.807) is 6.92 Å². The summed E-state index contributed by atoms with van der Waals surface area (Å²) >= 11 is -1.85. The highest BCUT2D eigenvalue weighted by atomic mass is 32.2. The molecule has 0 rings (SSSR count). The second-order valence-electron chi connectivity index (χ2n) is 1.55. The summed E-state index contributed by atoms with van der Waals surface area (Å²) in [7, 11) is 0. The molecule has 3 nitrogen and oxygen atoms in total. The molecule has 0 aromatic carbocycles. The number of hydrogen-bond donors (Lipinski definition) is 0. The smallest absolute Gasteiger partial charge is 0.249 e. The maximum absolute atomic E-state index is 9.97. The fourth-order valence-electron chi connectivity index (χ4n) is 0.217. The SMILES string of the molecule is CCC(C)OS([NH])=O. The highest BCUT2D eigenvalue weighted by Gasteiger charge is 1.99. The first kappa shape index (κ1) is 8.07. The monoisotopic (exact) mass is 136 g/mol. The van der Waals surface area contributed by atoms with E-state index < -0.39 is 11.3 Å². The van der Waals surface area contributed by atoms with Crippen LogP contribution in [0.3, 0.4) is 0 Å². The van der Waals surface area contributed by atoms with Gasteiger partial charge in [-0.3, -0.25) is 4.18 Å². The van der Waals surface area contributed by atoms with Crippen LogP contribution in [0.1, 0.15) is 20.3 Å². The number of hydrogen-bond acceptors (Lipinski definition) is 2. The van der Waals surface area contributed by atoms with Crippen LogP contribution in [0.2, 0.25) is 0 Å². The Labute approximate surface area is 52.0 Å². The summed E-state index contributed by atoms with van der Waals surface area (Å²) in [5, 5.41) is 6.46. The average molecular weight is 136 g/mol. The van der Waals surface area contributed by atoms with Gasteiger partial charge in [0.1, 0.15) is 0 Å². The van der Waals surface area contributed by atoms with Gasteiger partial charge in [-0.1, -0.05) is 6.92 Å². The van der Waals surface area contributed by atoms with Crippen molar-refractivity contribution in [3.05, 3.63) is 0 Å². The third-order valence-electron chi connectivity index (χ3n) is 0.827. The van der Waals surface area contributed by atoms with Crippen LogP contribution in [0.15, 0.2) is 0 Å². The normalized spacial score (nSPS) is 17.9. The first-order valence-electron chi connectivity index (χ1n) is 2.47. The van der Waals surface area contributed by atoms with Crippen molar-refractivity contribution in [2.75, 3.05) is 0 Å². The quantitative estimate of drug-likeness (QED) is 0.572. The molecule has 0 saturated carbocycles. The van der Waals surface area contributed by atoms with Crippen LogP contribution in [0.4, 0.5) is 0 Å². The molecule has 0 saturated heterocycles. The Morgan fingerprint density at radius 1 is 1.88 bits per heavy atom. The van der Waals surface area contributed by atoms with Gasteiger partial charge in [-0.15, -0.1) is 5.14 Å². The van der Waals surface area contributed by atoms with Crippen LogP contribution in [-0.2, 0) is 15.4 Å². The van der Waals surface area contributed by atoms with Crippen LogP contribution in [0.5, 0.6) is 0 Å². The van der Waals surface area contributed by atoms with E-state index in [0.717, 1.165) is 6.42 Å². The van der Waals surface area contributed by atoms with Crippen molar-refractivity contribution in [2.45, 2.75) is 26.4 Å². The zero-order chi connectivity index (χ0) is 6.57. The van der Waals surface area contributed by atoms with Gasteiger partial charge in [0.25, 0.3) is 0 Å². The zero-order valence-electron chi connectivity index (χ0n) is 5.01. The minimum Gasteiger partial charge on any atom is -0.274 e. The first-order valence-corrected chi connectivity index (χ1v) is 3.54. The van der Waals surface area contributed by atoms with Gasteiger partial charge >= 0.3 is 0 Å². The maximum Gasteiger partial charge on any atom is 0.249 e. The molecule has 4 heteroatoms. The van der Waals surface area contributed by atoms with E-state index in [4.69, 9.17) is 5.14 Å². The molecular weight excluding hydrogens is 126 g/mol. The van der Waals surface area contributed by atoms with Crippen LogP contribution in [0, 0.1) is 0 Å². The molecule has 2 unspecified atom stereocenters. The molecular formula is C4H10NO2S. The first-order chi connectivity index (χ1) is 3.66. The molecule has 1 radical (unpaired) electrons. The van der Waals surface area contributed by atoms with E-state index >= 15 is 0 Å². The maximum atomic E-state index is 9.97. The molecule has 0 amide bonds. The highest BCUT2D eigenvalue weighted by Crippen LogP contribution is 1.95. The van der Waals surface area contributed by atoms with Crippen molar-refractivity contribution in [1.82, 2.24) is 5.14 Å². The van der Waals surface area contributed by atoms with E-state index in [1.165, 1.54) is 0 Å². The largest absolute Gasteiger partial charge is 0.274 e. The highest BCUT2D eigenvalue weighted by molar-refractivity contribution is 7.77. The Morgan fingerprint density at radius 3 is 2.50 bits per heavy atom. The molecule has 0 aliphatic heterocycles. The van der Waals surface area contributed by atoms with E-state index in [0.29, 0.717) is 0 Å². The van der Waals surface area contributed by atoms with Gasteiger partial charge in [0.05, 0.1) is 6.10 Å². The predicted molar refractivity (Wildman–Crippen MR) is 32.1 cm³/mol. The molecule has 49 valence electrons. The van der Waals surface area contributed by atoms with Crippen molar-refractivity contribution in [2.24, 2.45) is 0 Å². The molecule has 0 bridgehead atoms. The Hall–Kier alpha value is 0.0700. The lowest BCUT2D eigenvalue weighted by molar-refractivity contribution is 0.242. The molecule has 0 aliphatic rings. The molecule has 2 atom stereocenters. The van der Waals surface area contributed by atoms with Crippen LogP contribution in [0.25, 0.3) is 0 Å². The second kappa shape index (κ2) is 4.00. The van der Waals surface area contributed by atoms with E-state index in [1.807, 2.05) is 6.92 Å². The third kappa shape index (κ3) is 4.23. The van der Waals surface area contributed by atoms with Gasteiger partial charge in [0.2, 0.25) is 11.3 Å². The Kier molecular flexibility index (Phi) is 4.03. The molecule has 0 aromatic heterocycles. The summed E-state index contributed by atoms with van der Waals surface area (Å²) in [6, 6.07) is 0. The van der Waals surface area contributed by atoms with E-state index in [9.17, 15) is 4.21 Å². The van der Waals surface area contributed by atoms with Crippen molar-refractivity contribution >= 4 is 11.3 Å². The fourth-order valence-corrected chi connectivity index (χ4v) is 0.652. The van der Waals surface area contributed by atoms with Gasteiger partial charge < -0.3 is 0 Å². The number of rotatable bonds is 3. The average Bonchev–Trinajstić information content (AvgIpc) is 1.65. The van der Waals surface area contributed by atoms with Gasteiger partial charge in [0.15, 0.2) is 0 Å². The standard InChI is InChI=1S/C4H10NO2S/c1-3-4(2)7-8(5)6/h4-5H,3H2,1-2H3. The summed E-state index contributed by atoms with van der Waals surface area (Å²) in [6.45, 7) is 3.70. The minimum absolute atomic E-state index is 0.0617.